The van der Waals surface area contributed by atoms with Gasteiger partial charge in [-0.3, -0.25) is 4.79 Å². The minimum absolute atomic E-state index is 0.125. The summed E-state index contributed by atoms with van der Waals surface area (Å²) in [5.74, 6) is 0.125. The Morgan fingerprint density at radius 3 is 2.79 bits per heavy atom. The average Bonchev–Trinajstić information content (AvgIpc) is 2.74. The maximum absolute atomic E-state index is 12.8. The smallest absolute Gasteiger partial charge is 0.270 e. The molecule has 2 atom stereocenters. The van der Waals surface area contributed by atoms with Gasteiger partial charge in [0.15, 0.2) is 0 Å². The second kappa shape index (κ2) is 5.67. The summed E-state index contributed by atoms with van der Waals surface area (Å²) in [6.45, 7) is 10.0. The van der Waals surface area contributed by atoms with Crippen molar-refractivity contribution in [2.75, 3.05) is 13.1 Å². The number of amides is 1. The van der Waals surface area contributed by atoms with Gasteiger partial charge < -0.3 is 14.8 Å². The molecular formula is C14H22BrN3O. The molecule has 5 heteroatoms. The monoisotopic (exact) mass is 327 g/mol. The van der Waals surface area contributed by atoms with Gasteiger partial charge in [0.1, 0.15) is 5.69 Å². The number of rotatable bonds is 2. The lowest BCUT2D eigenvalue weighted by atomic mass is 10.1. The lowest BCUT2D eigenvalue weighted by molar-refractivity contribution is 0.0603. The van der Waals surface area contributed by atoms with Gasteiger partial charge in [-0.25, -0.2) is 0 Å². The number of hydrogen-bond acceptors (Lipinski definition) is 2. The standard InChI is InChI=1S/C14H22BrN3O/c1-9(2)17-8-12(15)5-13(17)14(19)18-7-10(3)16-6-11(18)4/h5,8-11,16H,6-7H2,1-4H3. The first-order valence-corrected chi connectivity index (χ1v) is 7.61. The van der Waals surface area contributed by atoms with E-state index in [0.29, 0.717) is 6.04 Å². The molecule has 2 rings (SSSR count). The molecule has 1 saturated heterocycles. The number of carbonyl (C=O) groups is 1. The van der Waals surface area contributed by atoms with Crippen LogP contribution in [-0.4, -0.2) is 40.5 Å². The molecule has 0 aliphatic carbocycles. The van der Waals surface area contributed by atoms with Gasteiger partial charge in [0, 0.05) is 41.9 Å². The van der Waals surface area contributed by atoms with Crippen LogP contribution in [0.4, 0.5) is 0 Å². The van der Waals surface area contributed by atoms with E-state index in [9.17, 15) is 4.79 Å². The SMILES string of the molecule is CC1CN(C(=O)c2cc(Br)cn2C(C)C)C(C)CN1. The van der Waals surface area contributed by atoms with E-state index in [1.54, 1.807) is 0 Å². The molecule has 4 nitrogen and oxygen atoms in total. The van der Waals surface area contributed by atoms with Crippen LogP contribution in [0.15, 0.2) is 16.7 Å². The quantitative estimate of drug-likeness (QED) is 0.906. The van der Waals surface area contributed by atoms with Crippen LogP contribution >= 0.6 is 15.9 Å². The van der Waals surface area contributed by atoms with E-state index in [4.69, 9.17) is 0 Å². The van der Waals surface area contributed by atoms with Crippen LogP contribution in [0.5, 0.6) is 0 Å². The first-order chi connectivity index (χ1) is 8.90. The zero-order valence-electron chi connectivity index (χ0n) is 12.0. The second-order valence-electron chi connectivity index (χ2n) is 5.66. The van der Waals surface area contributed by atoms with E-state index in [2.05, 4.69) is 48.9 Å². The molecule has 0 aromatic carbocycles. The number of nitrogens with zero attached hydrogens (tertiary/aromatic N) is 2. The van der Waals surface area contributed by atoms with Gasteiger partial charge in [-0.05, 0) is 49.7 Å². The molecule has 1 fully saturated rings. The summed E-state index contributed by atoms with van der Waals surface area (Å²) in [6.07, 6.45) is 1.98. The Labute approximate surface area is 123 Å². The van der Waals surface area contributed by atoms with E-state index in [-0.39, 0.29) is 18.0 Å². The zero-order valence-corrected chi connectivity index (χ0v) is 13.6. The molecule has 106 valence electrons. The molecule has 1 aromatic heterocycles. The first-order valence-electron chi connectivity index (χ1n) is 6.82. The van der Waals surface area contributed by atoms with Gasteiger partial charge in [-0.1, -0.05) is 0 Å². The Bertz CT molecular complexity index is 469. The van der Waals surface area contributed by atoms with Crippen molar-refractivity contribution in [2.24, 2.45) is 0 Å². The summed E-state index contributed by atoms with van der Waals surface area (Å²) >= 11 is 3.47. The van der Waals surface area contributed by atoms with Crippen molar-refractivity contribution in [1.29, 1.82) is 0 Å². The lowest BCUT2D eigenvalue weighted by Crippen LogP contribution is -2.56. The van der Waals surface area contributed by atoms with Crippen LogP contribution < -0.4 is 5.32 Å². The van der Waals surface area contributed by atoms with Gasteiger partial charge in [0.2, 0.25) is 0 Å². The maximum Gasteiger partial charge on any atom is 0.270 e. The summed E-state index contributed by atoms with van der Waals surface area (Å²) in [7, 11) is 0. The molecule has 0 saturated carbocycles. The highest BCUT2D eigenvalue weighted by atomic mass is 79.9. The number of aromatic nitrogens is 1. The van der Waals surface area contributed by atoms with Gasteiger partial charge in [0.25, 0.3) is 5.91 Å². The summed E-state index contributed by atoms with van der Waals surface area (Å²) in [6, 6.07) is 2.78. The third kappa shape index (κ3) is 3.03. The topological polar surface area (TPSA) is 37.3 Å². The van der Waals surface area contributed by atoms with Gasteiger partial charge in [0.05, 0.1) is 0 Å². The second-order valence-corrected chi connectivity index (χ2v) is 6.58. The Morgan fingerprint density at radius 2 is 2.16 bits per heavy atom. The van der Waals surface area contributed by atoms with E-state index in [0.717, 1.165) is 23.3 Å². The molecule has 0 radical (unpaired) electrons. The summed E-state index contributed by atoms with van der Waals surface area (Å²) in [5, 5.41) is 3.40. The van der Waals surface area contributed by atoms with Crippen molar-refractivity contribution < 1.29 is 4.79 Å². The molecule has 19 heavy (non-hydrogen) atoms. The molecule has 1 aromatic rings. The van der Waals surface area contributed by atoms with E-state index in [1.807, 2.05) is 21.7 Å². The van der Waals surface area contributed by atoms with Gasteiger partial charge >= 0.3 is 0 Å². The Balaban J connectivity index is 2.28. The number of piperazine rings is 1. The predicted octanol–water partition coefficient (Wildman–Crippen LogP) is 2.65. The molecule has 1 aliphatic rings. The van der Waals surface area contributed by atoms with Crippen LogP contribution in [0.3, 0.4) is 0 Å². The molecule has 1 amide bonds. The average molecular weight is 328 g/mol. The van der Waals surface area contributed by atoms with Gasteiger partial charge in [-0.15, -0.1) is 0 Å². The maximum atomic E-state index is 12.8. The van der Waals surface area contributed by atoms with Crippen molar-refractivity contribution in [3.8, 4) is 0 Å². The Hall–Kier alpha value is -0.810. The molecule has 1 aliphatic heterocycles. The van der Waals surface area contributed by atoms with Crippen LogP contribution in [0.1, 0.15) is 44.2 Å². The number of halogens is 1. The minimum Gasteiger partial charge on any atom is -0.340 e. The molecule has 1 N–H and O–H groups in total. The number of hydrogen-bond donors (Lipinski definition) is 1. The fourth-order valence-corrected chi connectivity index (χ4v) is 2.93. The van der Waals surface area contributed by atoms with Crippen LogP contribution in [0.2, 0.25) is 0 Å². The fourth-order valence-electron chi connectivity index (χ4n) is 2.50. The Morgan fingerprint density at radius 1 is 1.47 bits per heavy atom. The highest BCUT2D eigenvalue weighted by Crippen LogP contribution is 2.22. The third-order valence-corrected chi connectivity index (χ3v) is 4.05. The molecule has 0 spiro atoms. The minimum atomic E-state index is 0.125. The van der Waals surface area contributed by atoms with E-state index < -0.39 is 0 Å². The largest absolute Gasteiger partial charge is 0.340 e. The Kier molecular flexibility index (Phi) is 4.36. The zero-order chi connectivity index (χ0) is 14.2. The number of nitrogens with one attached hydrogen (secondary N) is 1. The van der Waals surface area contributed by atoms with Crippen LogP contribution in [-0.2, 0) is 0 Å². The first kappa shape index (κ1) is 14.6. The van der Waals surface area contributed by atoms with Crippen LogP contribution in [0.25, 0.3) is 0 Å². The highest BCUT2D eigenvalue weighted by molar-refractivity contribution is 9.10. The molecule has 2 unspecified atom stereocenters. The van der Waals surface area contributed by atoms with Gasteiger partial charge in [-0.2, -0.15) is 0 Å². The summed E-state index contributed by atoms with van der Waals surface area (Å²) < 4.78 is 2.99. The molecule has 2 heterocycles. The summed E-state index contributed by atoms with van der Waals surface area (Å²) in [4.78, 5) is 14.7. The van der Waals surface area contributed by atoms with Crippen LogP contribution in [0, 0.1) is 0 Å². The van der Waals surface area contributed by atoms with E-state index >= 15 is 0 Å². The lowest BCUT2D eigenvalue weighted by Gasteiger charge is -2.37. The highest BCUT2D eigenvalue weighted by Gasteiger charge is 2.29. The normalized spacial score (nSPS) is 24.0. The van der Waals surface area contributed by atoms with E-state index in [1.165, 1.54) is 0 Å². The number of carbonyl (C=O) groups excluding carboxylic acids is 1. The molecular weight excluding hydrogens is 306 g/mol. The van der Waals surface area contributed by atoms with Crippen molar-refractivity contribution in [3.05, 3.63) is 22.4 Å². The van der Waals surface area contributed by atoms with Crippen molar-refractivity contribution in [1.82, 2.24) is 14.8 Å². The predicted molar refractivity (Wildman–Crippen MR) is 80.5 cm³/mol. The molecule has 0 bridgehead atoms. The van der Waals surface area contributed by atoms with Crippen molar-refractivity contribution in [3.63, 3.8) is 0 Å². The summed E-state index contributed by atoms with van der Waals surface area (Å²) in [5.41, 5.74) is 0.767. The third-order valence-electron chi connectivity index (χ3n) is 3.62. The fraction of sp³-hybridized carbons (Fsp3) is 0.643. The van der Waals surface area contributed by atoms with Crippen molar-refractivity contribution >= 4 is 21.8 Å². The van der Waals surface area contributed by atoms with Crippen molar-refractivity contribution in [2.45, 2.75) is 45.8 Å².